The average Bonchev–Trinajstić information content (AvgIpc) is 2.07. The quantitative estimate of drug-likeness (QED) is 0.771. The molecule has 0 radical (unpaired) electrons. The van der Waals surface area contributed by atoms with Crippen molar-refractivity contribution in [2.75, 3.05) is 5.32 Å². The highest BCUT2D eigenvalue weighted by Crippen LogP contribution is 2.10. The number of hydrogen-bond acceptors (Lipinski definition) is 2. The molecule has 0 fully saturated rings. The summed E-state index contributed by atoms with van der Waals surface area (Å²) in [6.45, 7) is 3.87. The van der Waals surface area contributed by atoms with Gasteiger partial charge in [-0.15, -0.1) is 0 Å². The second-order valence-electron chi connectivity index (χ2n) is 3.51. The lowest BCUT2D eigenvalue weighted by molar-refractivity contribution is -0.137. The van der Waals surface area contributed by atoms with Crippen molar-refractivity contribution in [3.8, 4) is 0 Å². The van der Waals surface area contributed by atoms with E-state index < -0.39 is 5.97 Å². The molecule has 2 N–H and O–H groups in total. The molecule has 1 aromatic rings. The number of nitrogens with one attached hydrogen (secondary N) is 1. The van der Waals surface area contributed by atoms with Gasteiger partial charge in [0.15, 0.2) is 0 Å². The number of aryl methyl sites for hydroxylation is 1. The maximum atomic E-state index is 10.4. The van der Waals surface area contributed by atoms with Gasteiger partial charge in [-0.1, -0.05) is 17.7 Å². The number of benzene rings is 1. The Hall–Kier alpha value is -1.51. The van der Waals surface area contributed by atoms with Crippen molar-refractivity contribution < 1.29 is 9.90 Å². The van der Waals surface area contributed by atoms with Gasteiger partial charge < -0.3 is 10.4 Å². The number of carbonyl (C=O) groups is 1. The van der Waals surface area contributed by atoms with E-state index in [1.54, 1.807) is 0 Å². The molecule has 0 aliphatic carbocycles. The van der Waals surface area contributed by atoms with Gasteiger partial charge in [0.2, 0.25) is 0 Å². The topological polar surface area (TPSA) is 49.3 Å². The van der Waals surface area contributed by atoms with Gasteiger partial charge >= 0.3 is 5.97 Å². The lowest BCUT2D eigenvalue weighted by atomic mass is 10.2. The van der Waals surface area contributed by atoms with Gasteiger partial charge in [0.1, 0.15) is 0 Å². The highest BCUT2D eigenvalue weighted by Gasteiger charge is 2.06. The van der Waals surface area contributed by atoms with Crippen LogP contribution in [-0.2, 0) is 4.79 Å². The van der Waals surface area contributed by atoms with Crippen molar-refractivity contribution in [2.45, 2.75) is 26.3 Å². The third-order valence-corrected chi connectivity index (χ3v) is 1.95. The van der Waals surface area contributed by atoms with E-state index in [0.29, 0.717) is 0 Å². The van der Waals surface area contributed by atoms with Gasteiger partial charge in [-0.25, -0.2) is 0 Å². The van der Waals surface area contributed by atoms with E-state index in [1.165, 1.54) is 5.56 Å². The maximum Gasteiger partial charge on any atom is 0.305 e. The van der Waals surface area contributed by atoms with Crippen LogP contribution in [0, 0.1) is 6.92 Å². The summed E-state index contributed by atoms with van der Waals surface area (Å²) in [5, 5.41) is 11.7. The van der Waals surface area contributed by atoms with E-state index in [0.717, 1.165) is 5.69 Å². The summed E-state index contributed by atoms with van der Waals surface area (Å²) >= 11 is 0. The zero-order valence-electron chi connectivity index (χ0n) is 8.45. The number of rotatable bonds is 4. The SMILES string of the molecule is Cc1ccc(NC(C)CC(=O)O)cc1. The highest BCUT2D eigenvalue weighted by molar-refractivity contribution is 5.68. The molecule has 76 valence electrons. The molecule has 14 heavy (non-hydrogen) atoms. The molecule has 0 heterocycles. The number of aliphatic carboxylic acids is 1. The Morgan fingerprint density at radius 2 is 2.00 bits per heavy atom. The standard InChI is InChI=1S/C11H15NO2/c1-8-3-5-10(6-4-8)12-9(2)7-11(13)14/h3-6,9,12H,7H2,1-2H3,(H,13,14). The van der Waals surface area contributed by atoms with Crippen LogP contribution in [0.25, 0.3) is 0 Å². The molecule has 0 aromatic heterocycles. The van der Waals surface area contributed by atoms with Crippen LogP contribution in [0.1, 0.15) is 18.9 Å². The molecular formula is C11H15NO2. The summed E-state index contributed by atoms with van der Waals surface area (Å²) in [6, 6.07) is 7.85. The number of anilines is 1. The summed E-state index contributed by atoms with van der Waals surface area (Å²) in [6.07, 6.45) is 0.133. The summed E-state index contributed by atoms with van der Waals surface area (Å²) < 4.78 is 0. The second kappa shape index (κ2) is 4.65. The van der Waals surface area contributed by atoms with Gasteiger partial charge in [-0.2, -0.15) is 0 Å². The molecule has 1 unspecified atom stereocenters. The lowest BCUT2D eigenvalue weighted by Gasteiger charge is -2.12. The minimum Gasteiger partial charge on any atom is -0.481 e. The third-order valence-electron chi connectivity index (χ3n) is 1.95. The number of carboxylic acids is 1. The molecule has 1 aromatic carbocycles. The summed E-state index contributed by atoms with van der Waals surface area (Å²) in [7, 11) is 0. The summed E-state index contributed by atoms with van der Waals surface area (Å²) in [5.41, 5.74) is 2.16. The van der Waals surface area contributed by atoms with Crippen LogP contribution in [0.5, 0.6) is 0 Å². The average molecular weight is 193 g/mol. The molecule has 0 bridgehead atoms. The van der Waals surface area contributed by atoms with Crippen molar-refractivity contribution in [2.24, 2.45) is 0 Å². The number of carboxylic acid groups (broad SMARTS) is 1. The van der Waals surface area contributed by atoms with Gasteiger partial charge in [0, 0.05) is 11.7 Å². The highest BCUT2D eigenvalue weighted by atomic mass is 16.4. The third kappa shape index (κ3) is 3.47. The molecule has 0 aliphatic heterocycles. The van der Waals surface area contributed by atoms with E-state index in [-0.39, 0.29) is 12.5 Å². The van der Waals surface area contributed by atoms with Crippen LogP contribution in [0.2, 0.25) is 0 Å². The van der Waals surface area contributed by atoms with Crippen molar-refractivity contribution in [1.29, 1.82) is 0 Å². The number of hydrogen-bond donors (Lipinski definition) is 2. The second-order valence-corrected chi connectivity index (χ2v) is 3.51. The van der Waals surface area contributed by atoms with Crippen LogP contribution < -0.4 is 5.32 Å². The van der Waals surface area contributed by atoms with E-state index in [1.807, 2.05) is 38.1 Å². The predicted octanol–water partition coefficient (Wildman–Crippen LogP) is 2.27. The van der Waals surface area contributed by atoms with Gasteiger partial charge in [-0.3, -0.25) is 4.79 Å². The van der Waals surface area contributed by atoms with Gasteiger partial charge in [-0.05, 0) is 26.0 Å². The zero-order chi connectivity index (χ0) is 10.6. The molecule has 1 rings (SSSR count). The monoisotopic (exact) mass is 193 g/mol. The Kier molecular flexibility index (Phi) is 3.51. The molecule has 0 aliphatic rings. The Morgan fingerprint density at radius 3 is 2.50 bits per heavy atom. The molecule has 1 atom stereocenters. The van der Waals surface area contributed by atoms with E-state index in [2.05, 4.69) is 5.32 Å². The molecule has 0 saturated carbocycles. The van der Waals surface area contributed by atoms with E-state index >= 15 is 0 Å². The fourth-order valence-corrected chi connectivity index (χ4v) is 1.25. The van der Waals surface area contributed by atoms with Gasteiger partial charge in [0.25, 0.3) is 0 Å². The Balaban J connectivity index is 2.51. The van der Waals surface area contributed by atoms with E-state index in [9.17, 15) is 4.79 Å². The van der Waals surface area contributed by atoms with Crippen molar-refractivity contribution >= 4 is 11.7 Å². The Labute approximate surface area is 83.8 Å². The summed E-state index contributed by atoms with van der Waals surface area (Å²) in [5.74, 6) is -0.780. The first-order valence-electron chi connectivity index (χ1n) is 4.63. The van der Waals surface area contributed by atoms with Gasteiger partial charge in [0.05, 0.1) is 6.42 Å². The first kappa shape index (κ1) is 10.6. The van der Waals surface area contributed by atoms with Crippen LogP contribution in [0.15, 0.2) is 24.3 Å². The molecule has 3 nitrogen and oxygen atoms in total. The van der Waals surface area contributed by atoms with E-state index in [4.69, 9.17) is 5.11 Å². The lowest BCUT2D eigenvalue weighted by Crippen LogP contribution is -2.19. The molecule has 0 saturated heterocycles. The largest absolute Gasteiger partial charge is 0.481 e. The first-order valence-corrected chi connectivity index (χ1v) is 4.63. The van der Waals surface area contributed by atoms with Crippen molar-refractivity contribution in [1.82, 2.24) is 0 Å². The summed E-state index contributed by atoms with van der Waals surface area (Å²) in [4.78, 5) is 10.4. The predicted molar refractivity (Wildman–Crippen MR) is 56.5 cm³/mol. The Bertz CT molecular complexity index is 306. The first-order chi connectivity index (χ1) is 6.58. The maximum absolute atomic E-state index is 10.4. The molecular weight excluding hydrogens is 178 g/mol. The fourth-order valence-electron chi connectivity index (χ4n) is 1.25. The molecule has 0 amide bonds. The fraction of sp³-hybridized carbons (Fsp3) is 0.364. The minimum absolute atomic E-state index is 0.0461. The van der Waals surface area contributed by atoms with Crippen molar-refractivity contribution in [3.05, 3.63) is 29.8 Å². The van der Waals surface area contributed by atoms with Crippen LogP contribution in [0.4, 0.5) is 5.69 Å². The van der Waals surface area contributed by atoms with Crippen LogP contribution in [-0.4, -0.2) is 17.1 Å². The normalized spacial score (nSPS) is 12.1. The van der Waals surface area contributed by atoms with Crippen LogP contribution >= 0.6 is 0 Å². The van der Waals surface area contributed by atoms with Crippen LogP contribution in [0.3, 0.4) is 0 Å². The Morgan fingerprint density at radius 1 is 1.43 bits per heavy atom. The minimum atomic E-state index is -0.780. The smallest absolute Gasteiger partial charge is 0.305 e. The zero-order valence-corrected chi connectivity index (χ0v) is 8.45. The molecule has 3 heteroatoms. The van der Waals surface area contributed by atoms with Crippen molar-refractivity contribution in [3.63, 3.8) is 0 Å². The molecule has 0 spiro atoms.